The molecule has 8 heteroatoms. The summed E-state index contributed by atoms with van der Waals surface area (Å²) in [6.45, 7) is 8.53. The number of thioether (sulfide) groups is 1. The molecule has 180 valence electrons. The molecule has 0 fully saturated rings. The molecule has 1 unspecified atom stereocenters. The van der Waals surface area contributed by atoms with Gasteiger partial charge in [-0.1, -0.05) is 57.4 Å². The lowest BCUT2D eigenvalue weighted by Gasteiger charge is -2.28. The largest absolute Gasteiger partial charge is 0.493 e. The van der Waals surface area contributed by atoms with Gasteiger partial charge >= 0.3 is 0 Å². The molecule has 0 aliphatic carbocycles. The first-order valence-corrected chi connectivity index (χ1v) is 12.9. The molecular formula is C25H36N4O3S. The van der Waals surface area contributed by atoms with E-state index in [-0.39, 0.29) is 11.8 Å². The van der Waals surface area contributed by atoms with Gasteiger partial charge < -0.3 is 14.8 Å². The molecule has 7 nitrogen and oxygen atoms in total. The average Bonchev–Trinajstić information content (AvgIpc) is 3.20. The number of Topliss-reactive ketones (excluding diaryl/α,β-unsaturated/α-hetero) is 1. The Morgan fingerprint density at radius 3 is 2.64 bits per heavy atom. The summed E-state index contributed by atoms with van der Waals surface area (Å²) in [5.41, 5.74) is 2.38. The van der Waals surface area contributed by atoms with Crippen LogP contribution in [0.25, 0.3) is 0 Å². The second kappa shape index (κ2) is 12.1. The smallest absolute Gasteiger partial charge is 0.227 e. The highest BCUT2D eigenvalue weighted by Crippen LogP contribution is 2.39. The second-order valence-corrected chi connectivity index (χ2v) is 9.37. The Morgan fingerprint density at radius 2 is 1.94 bits per heavy atom. The fraction of sp³-hybridized carbons (Fsp3) is 0.560. The summed E-state index contributed by atoms with van der Waals surface area (Å²) >= 11 is 1.64. The molecule has 3 rings (SSSR count). The molecule has 2 aromatic rings. The maximum absolute atomic E-state index is 12.6. The summed E-state index contributed by atoms with van der Waals surface area (Å²) < 4.78 is 13.4. The van der Waals surface area contributed by atoms with Crippen LogP contribution in [-0.4, -0.2) is 40.0 Å². The third kappa shape index (κ3) is 6.10. The molecular weight excluding hydrogens is 436 g/mol. The number of anilines is 1. The van der Waals surface area contributed by atoms with Gasteiger partial charge in [0.25, 0.3) is 0 Å². The number of fused-ring (bicyclic) bond motifs is 1. The van der Waals surface area contributed by atoms with Crippen molar-refractivity contribution in [3.63, 3.8) is 0 Å². The zero-order chi connectivity index (χ0) is 23.8. The maximum Gasteiger partial charge on any atom is 0.227 e. The van der Waals surface area contributed by atoms with Crippen molar-refractivity contribution < 1.29 is 14.3 Å². The minimum Gasteiger partial charge on any atom is -0.493 e. The van der Waals surface area contributed by atoms with Crippen LogP contribution >= 0.6 is 11.8 Å². The summed E-state index contributed by atoms with van der Waals surface area (Å²) in [4.78, 5) is 17.3. The van der Waals surface area contributed by atoms with Crippen LogP contribution in [0.5, 0.6) is 11.5 Å². The fourth-order valence-electron chi connectivity index (χ4n) is 3.95. The predicted molar refractivity (Wildman–Crippen MR) is 133 cm³/mol. The number of nitrogens with one attached hydrogen (secondary N) is 1. The van der Waals surface area contributed by atoms with Gasteiger partial charge in [-0.2, -0.15) is 4.98 Å². The summed E-state index contributed by atoms with van der Waals surface area (Å²) in [6.07, 6.45) is 6.83. The van der Waals surface area contributed by atoms with E-state index in [1.54, 1.807) is 25.8 Å². The van der Waals surface area contributed by atoms with E-state index in [9.17, 15) is 4.79 Å². The normalized spacial score (nSPS) is 15.2. The van der Waals surface area contributed by atoms with Crippen LogP contribution in [0.2, 0.25) is 0 Å². The summed E-state index contributed by atoms with van der Waals surface area (Å²) in [7, 11) is 1.64. The van der Waals surface area contributed by atoms with Crippen molar-refractivity contribution >= 4 is 23.5 Å². The Kier molecular flexibility index (Phi) is 9.23. The topological polar surface area (TPSA) is 78.3 Å². The highest BCUT2D eigenvalue weighted by atomic mass is 32.2. The summed E-state index contributed by atoms with van der Waals surface area (Å²) in [5.74, 6) is 2.99. The van der Waals surface area contributed by atoms with Crippen molar-refractivity contribution in [1.82, 2.24) is 14.8 Å². The number of allylic oxidation sites excluding steroid dienone is 2. The van der Waals surface area contributed by atoms with E-state index in [1.807, 2.05) is 29.8 Å². The van der Waals surface area contributed by atoms with Gasteiger partial charge in [-0.3, -0.25) is 4.79 Å². The monoisotopic (exact) mass is 472 g/mol. The minimum atomic E-state index is -0.376. The first kappa shape index (κ1) is 25.1. The Hall–Kier alpha value is -2.48. The summed E-state index contributed by atoms with van der Waals surface area (Å²) in [6, 6.07) is 5.49. The number of unbranched alkanes of at least 4 members (excludes halogenated alkanes) is 4. The zero-order valence-electron chi connectivity index (χ0n) is 20.4. The zero-order valence-corrected chi connectivity index (χ0v) is 21.3. The van der Waals surface area contributed by atoms with E-state index in [1.165, 1.54) is 12.8 Å². The van der Waals surface area contributed by atoms with Crippen molar-refractivity contribution in [1.29, 1.82) is 0 Å². The Bertz CT molecular complexity index is 986. The van der Waals surface area contributed by atoms with Crippen LogP contribution in [-0.2, 0) is 4.79 Å². The lowest BCUT2D eigenvalue weighted by atomic mass is 9.93. The Morgan fingerprint density at radius 1 is 1.15 bits per heavy atom. The van der Waals surface area contributed by atoms with Crippen molar-refractivity contribution in [3.8, 4) is 11.5 Å². The molecule has 1 aromatic heterocycles. The quantitative estimate of drug-likeness (QED) is 0.282. The molecule has 0 radical (unpaired) electrons. The van der Waals surface area contributed by atoms with Gasteiger partial charge in [0, 0.05) is 17.0 Å². The van der Waals surface area contributed by atoms with Gasteiger partial charge in [-0.15, -0.1) is 5.10 Å². The van der Waals surface area contributed by atoms with Crippen molar-refractivity contribution in [2.75, 3.05) is 24.8 Å². The molecule has 1 N–H and O–H groups in total. The second-order valence-electron chi connectivity index (χ2n) is 8.31. The fourth-order valence-corrected chi connectivity index (χ4v) is 4.86. The van der Waals surface area contributed by atoms with Gasteiger partial charge in [-0.05, 0) is 44.4 Å². The number of benzene rings is 1. The van der Waals surface area contributed by atoms with E-state index in [0.29, 0.717) is 34.8 Å². The van der Waals surface area contributed by atoms with E-state index in [4.69, 9.17) is 14.6 Å². The third-order valence-corrected chi connectivity index (χ3v) is 6.62. The third-order valence-electron chi connectivity index (χ3n) is 5.70. The Labute approximate surface area is 201 Å². The average molecular weight is 473 g/mol. The van der Waals surface area contributed by atoms with Crippen LogP contribution in [0.1, 0.15) is 77.8 Å². The lowest BCUT2D eigenvalue weighted by molar-refractivity contribution is -0.114. The molecule has 0 bridgehead atoms. The van der Waals surface area contributed by atoms with E-state index in [2.05, 4.69) is 24.1 Å². The number of carbonyl (C=O) groups excluding carboxylic acids is 1. The molecule has 2 heterocycles. The molecule has 1 aliphatic rings. The van der Waals surface area contributed by atoms with Crippen molar-refractivity contribution in [3.05, 3.63) is 35.0 Å². The van der Waals surface area contributed by atoms with E-state index >= 15 is 0 Å². The maximum atomic E-state index is 12.6. The molecule has 1 aromatic carbocycles. The van der Waals surface area contributed by atoms with Crippen LogP contribution in [0.4, 0.5) is 5.95 Å². The number of ketones is 1. The predicted octanol–water partition coefficient (Wildman–Crippen LogP) is 6.02. The number of methoxy groups -OCH3 is 1. The molecule has 0 saturated carbocycles. The number of rotatable bonds is 13. The van der Waals surface area contributed by atoms with E-state index < -0.39 is 0 Å². The van der Waals surface area contributed by atoms with Gasteiger partial charge in [0.15, 0.2) is 17.3 Å². The molecule has 0 amide bonds. The summed E-state index contributed by atoms with van der Waals surface area (Å²) in [5, 5.41) is 8.73. The first-order chi connectivity index (χ1) is 16.0. The van der Waals surface area contributed by atoms with Crippen LogP contribution in [0, 0.1) is 0 Å². The number of ether oxygens (including phenoxy) is 2. The lowest BCUT2D eigenvalue weighted by Crippen LogP contribution is -2.27. The number of nitrogens with zero attached hydrogens (tertiary/aromatic N) is 3. The number of hydrogen-bond acceptors (Lipinski definition) is 7. The number of carbonyl (C=O) groups is 1. The van der Waals surface area contributed by atoms with Gasteiger partial charge in [-0.25, -0.2) is 4.68 Å². The molecule has 1 aliphatic heterocycles. The van der Waals surface area contributed by atoms with Crippen LogP contribution in [0.15, 0.2) is 34.6 Å². The molecule has 33 heavy (non-hydrogen) atoms. The van der Waals surface area contributed by atoms with Crippen molar-refractivity contribution in [2.45, 2.75) is 77.4 Å². The molecule has 0 saturated heterocycles. The van der Waals surface area contributed by atoms with Gasteiger partial charge in [0.2, 0.25) is 11.1 Å². The van der Waals surface area contributed by atoms with Crippen LogP contribution in [0.3, 0.4) is 0 Å². The highest BCUT2D eigenvalue weighted by Gasteiger charge is 2.33. The molecule has 1 atom stereocenters. The number of aromatic nitrogens is 3. The number of hydrogen-bond donors (Lipinski definition) is 1. The SMILES string of the molecule is CCCCCCOc1ccc(C2C(C(C)=O)=C(C)Nc3nc(SCCCC)nn32)cc1OC. The molecule has 0 spiro atoms. The van der Waals surface area contributed by atoms with Gasteiger partial charge in [0.1, 0.15) is 6.04 Å². The minimum absolute atomic E-state index is 0.00144. The highest BCUT2D eigenvalue weighted by molar-refractivity contribution is 7.99. The van der Waals surface area contributed by atoms with Crippen LogP contribution < -0.4 is 14.8 Å². The first-order valence-electron chi connectivity index (χ1n) is 11.9. The van der Waals surface area contributed by atoms with Crippen molar-refractivity contribution in [2.24, 2.45) is 0 Å². The van der Waals surface area contributed by atoms with E-state index in [0.717, 1.165) is 42.7 Å². The van der Waals surface area contributed by atoms with Gasteiger partial charge in [0.05, 0.1) is 13.7 Å². The standard InChI is InChI=1S/C25H36N4O3S/c1-6-8-10-11-14-32-20-13-12-19(16-21(20)31-5)23-22(18(4)30)17(3)26-24-27-25(28-29(23)24)33-15-9-7-2/h12-13,16,23H,6-11,14-15H2,1-5H3,(H,26,27,28). The Balaban J connectivity index is 1.91.